The van der Waals surface area contributed by atoms with Crippen LogP contribution in [0.5, 0.6) is 0 Å². The number of allylic oxidation sites excluding steroid dienone is 1. The first kappa shape index (κ1) is 14.7. The van der Waals surface area contributed by atoms with Gasteiger partial charge in [0.05, 0.1) is 11.2 Å². The molecule has 2 aromatic carbocycles. The maximum atomic E-state index is 12.0. The molecule has 0 bridgehead atoms. The second-order valence-corrected chi connectivity index (χ2v) is 6.07. The Morgan fingerprint density at radius 1 is 1.12 bits per heavy atom. The molecular formula is C20H19N3O. The van der Waals surface area contributed by atoms with E-state index in [1.54, 1.807) is 0 Å². The number of aryl methyl sites for hydroxylation is 2. The average molecular weight is 317 g/mol. The molecule has 0 fully saturated rings. The lowest BCUT2D eigenvalue weighted by Crippen LogP contribution is -2.21. The van der Waals surface area contributed by atoms with E-state index in [4.69, 9.17) is 5.84 Å². The standard InChI is InChI=1S/C20H19N3O/c21-22-19(14-6-2-1-3-7-14)18(13-24)17-12-23-11-5-9-15-8-4-10-16(17)20(15)23/h1-4,6-8,10,12-13,22H,5,9,11,21H2/b19-18+. The molecular weight excluding hydrogens is 298 g/mol. The molecule has 0 radical (unpaired) electrons. The summed E-state index contributed by atoms with van der Waals surface area (Å²) in [6.07, 6.45) is 5.19. The van der Waals surface area contributed by atoms with Crippen LogP contribution in [0, 0.1) is 0 Å². The Morgan fingerprint density at radius 3 is 2.71 bits per heavy atom. The summed E-state index contributed by atoms with van der Waals surface area (Å²) in [7, 11) is 0. The largest absolute Gasteiger partial charge is 0.347 e. The average Bonchev–Trinajstić information content (AvgIpc) is 3.01. The van der Waals surface area contributed by atoms with Crippen molar-refractivity contribution < 1.29 is 4.79 Å². The van der Waals surface area contributed by atoms with Crippen molar-refractivity contribution in [2.75, 3.05) is 0 Å². The number of carbonyl (C=O) groups is 1. The number of carbonyl (C=O) groups excluding carboxylic acids is 1. The van der Waals surface area contributed by atoms with Crippen LogP contribution in [0.25, 0.3) is 22.2 Å². The Kier molecular flexibility index (Phi) is 3.67. The maximum Gasteiger partial charge on any atom is 0.152 e. The summed E-state index contributed by atoms with van der Waals surface area (Å²) in [5, 5.41) is 1.11. The first-order chi connectivity index (χ1) is 11.8. The third-order valence-corrected chi connectivity index (χ3v) is 4.71. The number of hydrogen-bond donors (Lipinski definition) is 2. The Labute approximate surface area is 140 Å². The van der Waals surface area contributed by atoms with Crippen molar-refractivity contribution in [2.45, 2.75) is 19.4 Å². The number of aromatic nitrogens is 1. The van der Waals surface area contributed by atoms with Crippen molar-refractivity contribution in [3.63, 3.8) is 0 Å². The molecule has 24 heavy (non-hydrogen) atoms. The first-order valence-corrected chi connectivity index (χ1v) is 8.16. The predicted molar refractivity (Wildman–Crippen MR) is 96.9 cm³/mol. The highest BCUT2D eigenvalue weighted by Crippen LogP contribution is 2.34. The number of hydrogen-bond acceptors (Lipinski definition) is 3. The number of rotatable bonds is 4. The predicted octanol–water partition coefficient (Wildman–Crippen LogP) is 3.12. The lowest BCUT2D eigenvalue weighted by atomic mass is 9.98. The highest BCUT2D eigenvalue weighted by molar-refractivity contribution is 6.20. The fourth-order valence-electron chi connectivity index (χ4n) is 3.65. The summed E-state index contributed by atoms with van der Waals surface area (Å²) in [4.78, 5) is 12.0. The Hall–Kier alpha value is -2.85. The Morgan fingerprint density at radius 2 is 1.96 bits per heavy atom. The number of nitrogens with two attached hydrogens (primary N) is 1. The fraction of sp³-hybridized carbons (Fsp3) is 0.150. The number of nitrogens with zero attached hydrogens (tertiary/aromatic N) is 1. The van der Waals surface area contributed by atoms with E-state index in [1.807, 2.05) is 30.3 Å². The van der Waals surface area contributed by atoms with E-state index < -0.39 is 0 Å². The monoisotopic (exact) mass is 317 g/mol. The van der Waals surface area contributed by atoms with Gasteiger partial charge in [0.1, 0.15) is 0 Å². The van der Waals surface area contributed by atoms with Crippen LogP contribution < -0.4 is 11.3 Å². The Bertz CT molecular complexity index is 938. The molecule has 0 spiro atoms. The Balaban J connectivity index is 2.00. The normalized spacial score (nSPS) is 14.4. The molecule has 0 saturated carbocycles. The van der Waals surface area contributed by atoms with Gasteiger partial charge in [-0.3, -0.25) is 10.6 Å². The van der Waals surface area contributed by atoms with Gasteiger partial charge in [-0.05, 0) is 24.0 Å². The van der Waals surface area contributed by atoms with Gasteiger partial charge in [0, 0.05) is 29.3 Å². The third kappa shape index (κ3) is 2.23. The van der Waals surface area contributed by atoms with Gasteiger partial charge in [-0.1, -0.05) is 48.5 Å². The van der Waals surface area contributed by atoms with Crippen molar-refractivity contribution in [1.82, 2.24) is 9.99 Å². The third-order valence-electron chi connectivity index (χ3n) is 4.71. The van der Waals surface area contributed by atoms with Crippen LogP contribution >= 0.6 is 0 Å². The smallest absolute Gasteiger partial charge is 0.152 e. The highest BCUT2D eigenvalue weighted by Gasteiger charge is 2.20. The molecule has 0 aliphatic carbocycles. The lowest BCUT2D eigenvalue weighted by molar-refractivity contribution is -0.103. The van der Waals surface area contributed by atoms with E-state index in [2.05, 4.69) is 34.4 Å². The number of nitrogens with one attached hydrogen (secondary N) is 1. The quantitative estimate of drug-likeness (QED) is 0.336. The SMILES string of the molecule is NN/C(=C(\C=O)c1cn2c3c(cccc13)CCC2)c1ccccc1. The van der Waals surface area contributed by atoms with E-state index in [0.717, 1.165) is 42.2 Å². The van der Waals surface area contributed by atoms with Gasteiger partial charge in [0.15, 0.2) is 6.29 Å². The van der Waals surface area contributed by atoms with E-state index >= 15 is 0 Å². The minimum absolute atomic E-state index is 0.589. The number of benzene rings is 2. The molecule has 0 amide bonds. The summed E-state index contributed by atoms with van der Waals surface area (Å²) in [5.74, 6) is 5.77. The van der Waals surface area contributed by atoms with Crippen LogP contribution in [-0.4, -0.2) is 10.9 Å². The van der Waals surface area contributed by atoms with Gasteiger partial charge in [-0.15, -0.1) is 0 Å². The van der Waals surface area contributed by atoms with E-state index in [-0.39, 0.29) is 0 Å². The lowest BCUT2D eigenvalue weighted by Gasteiger charge is -2.14. The van der Waals surface area contributed by atoms with Gasteiger partial charge in [-0.2, -0.15) is 0 Å². The molecule has 1 aromatic heterocycles. The van der Waals surface area contributed by atoms with Gasteiger partial charge in [0.25, 0.3) is 0 Å². The van der Waals surface area contributed by atoms with Crippen LogP contribution in [0.3, 0.4) is 0 Å². The zero-order chi connectivity index (χ0) is 16.5. The van der Waals surface area contributed by atoms with Gasteiger partial charge < -0.3 is 9.99 Å². The second kappa shape index (κ2) is 5.98. The van der Waals surface area contributed by atoms with Gasteiger partial charge in [0.2, 0.25) is 0 Å². The van der Waals surface area contributed by atoms with Crippen molar-refractivity contribution in [3.05, 3.63) is 71.4 Å². The molecule has 0 saturated heterocycles. The molecule has 120 valence electrons. The summed E-state index contributed by atoms with van der Waals surface area (Å²) in [5.41, 5.74) is 8.38. The van der Waals surface area contributed by atoms with E-state index in [0.29, 0.717) is 11.3 Å². The summed E-state index contributed by atoms with van der Waals surface area (Å²) < 4.78 is 2.26. The zero-order valence-corrected chi connectivity index (χ0v) is 13.3. The van der Waals surface area contributed by atoms with Crippen LogP contribution in [0.4, 0.5) is 0 Å². The van der Waals surface area contributed by atoms with Crippen molar-refractivity contribution >= 4 is 28.5 Å². The molecule has 3 aromatic rings. The van der Waals surface area contributed by atoms with Crippen LogP contribution in [-0.2, 0) is 17.8 Å². The topological polar surface area (TPSA) is 60.0 Å². The zero-order valence-electron chi connectivity index (χ0n) is 13.3. The van der Waals surface area contributed by atoms with Crippen LogP contribution in [0.15, 0.2) is 54.7 Å². The summed E-state index contributed by atoms with van der Waals surface area (Å²) >= 11 is 0. The number of hydrazine groups is 1. The molecule has 3 N–H and O–H groups in total. The molecule has 4 nitrogen and oxygen atoms in total. The highest BCUT2D eigenvalue weighted by atomic mass is 16.1. The maximum absolute atomic E-state index is 12.0. The van der Waals surface area contributed by atoms with Crippen molar-refractivity contribution in [1.29, 1.82) is 0 Å². The van der Waals surface area contributed by atoms with E-state index in [1.165, 1.54) is 11.1 Å². The summed E-state index contributed by atoms with van der Waals surface area (Å²) in [6, 6.07) is 16.0. The van der Waals surface area contributed by atoms with Crippen molar-refractivity contribution in [2.24, 2.45) is 5.84 Å². The minimum Gasteiger partial charge on any atom is -0.347 e. The van der Waals surface area contributed by atoms with Crippen LogP contribution in [0.1, 0.15) is 23.1 Å². The number of aldehydes is 1. The molecule has 0 atom stereocenters. The first-order valence-electron chi connectivity index (χ1n) is 8.16. The molecule has 4 heteroatoms. The van der Waals surface area contributed by atoms with Gasteiger partial charge in [-0.25, -0.2) is 0 Å². The van der Waals surface area contributed by atoms with Crippen LogP contribution in [0.2, 0.25) is 0 Å². The molecule has 0 unspecified atom stereocenters. The molecule has 2 heterocycles. The minimum atomic E-state index is 0.589. The molecule has 1 aliphatic heterocycles. The molecule has 1 aliphatic rings. The fourth-order valence-corrected chi connectivity index (χ4v) is 3.65. The van der Waals surface area contributed by atoms with Crippen molar-refractivity contribution in [3.8, 4) is 0 Å². The van der Waals surface area contributed by atoms with E-state index in [9.17, 15) is 4.79 Å². The summed E-state index contributed by atoms with van der Waals surface area (Å²) in [6.45, 7) is 0.983. The van der Waals surface area contributed by atoms with Gasteiger partial charge >= 0.3 is 0 Å². The number of para-hydroxylation sites is 1. The molecule has 4 rings (SSSR count). The second-order valence-electron chi connectivity index (χ2n) is 6.07.